The molecular weight excluding hydrogens is 432 g/mol. The van der Waals surface area contributed by atoms with Crippen molar-refractivity contribution in [1.82, 2.24) is 0 Å². The summed E-state index contributed by atoms with van der Waals surface area (Å²) in [5, 5.41) is 40.5. The molecule has 6 nitrogen and oxygen atoms in total. The van der Waals surface area contributed by atoms with Crippen molar-refractivity contribution < 1.29 is 29.9 Å². The van der Waals surface area contributed by atoms with Gasteiger partial charge in [-0.25, -0.2) is 0 Å². The summed E-state index contributed by atoms with van der Waals surface area (Å²) in [5.41, 5.74) is 3.44. The number of aliphatic hydroxyl groups excluding tert-OH is 4. The van der Waals surface area contributed by atoms with Crippen LogP contribution in [0.25, 0.3) is 0 Å². The van der Waals surface area contributed by atoms with Crippen LogP contribution in [0.5, 0.6) is 0 Å². The van der Waals surface area contributed by atoms with E-state index in [1.54, 1.807) is 12.1 Å². The largest absolute Gasteiger partial charge is 0.394 e. The Labute approximate surface area is 192 Å². The molecule has 0 aromatic heterocycles. The SMILES string of the molecule is OC[C@H]1O[C@@H](c2ccc(Cl)c(Cc3ccc(C#C[C@@H]4CCOC4)cc3)c2)[C@H](O)[C@@H](O)[C@@H]1O. The van der Waals surface area contributed by atoms with E-state index in [0.717, 1.165) is 29.7 Å². The molecule has 7 heteroatoms. The Morgan fingerprint density at radius 1 is 1.00 bits per heavy atom. The Balaban J connectivity index is 1.49. The minimum atomic E-state index is -1.42. The third-order valence-electron chi connectivity index (χ3n) is 5.99. The van der Waals surface area contributed by atoms with Crippen LogP contribution < -0.4 is 0 Å². The summed E-state index contributed by atoms with van der Waals surface area (Å²) >= 11 is 6.42. The van der Waals surface area contributed by atoms with Crippen LogP contribution in [-0.2, 0) is 15.9 Å². The summed E-state index contributed by atoms with van der Waals surface area (Å²) in [5.74, 6) is 6.75. The smallest absolute Gasteiger partial charge is 0.113 e. The molecular formula is C25H27ClO6. The third kappa shape index (κ3) is 5.16. The Hall–Kier alpha value is -1.95. The van der Waals surface area contributed by atoms with Crippen LogP contribution >= 0.6 is 11.6 Å². The second-order valence-electron chi connectivity index (χ2n) is 8.30. The van der Waals surface area contributed by atoms with Gasteiger partial charge in [0, 0.05) is 23.1 Å². The van der Waals surface area contributed by atoms with E-state index in [9.17, 15) is 20.4 Å². The van der Waals surface area contributed by atoms with Crippen molar-refractivity contribution in [2.75, 3.05) is 19.8 Å². The predicted molar refractivity (Wildman–Crippen MR) is 119 cm³/mol. The molecule has 2 fully saturated rings. The van der Waals surface area contributed by atoms with E-state index in [1.165, 1.54) is 0 Å². The first-order valence-electron chi connectivity index (χ1n) is 10.7. The topological polar surface area (TPSA) is 99.4 Å². The van der Waals surface area contributed by atoms with Crippen molar-refractivity contribution >= 4 is 11.6 Å². The van der Waals surface area contributed by atoms with Gasteiger partial charge in [0.2, 0.25) is 0 Å². The molecule has 2 aliphatic heterocycles. The lowest BCUT2D eigenvalue weighted by Crippen LogP contribution is -2.55. The summed E-state index contributed by atoms with van der Waals surface area (Å²) in [4.78, 5) is 0. The summed E-state index contributed by atoms with van der Waals surface area (Å²) in [6.45, 7) is 1.01. The van der Waals surface area contributed by atoms with Gasteiger partial charge in [-0.1, -0.05) is 47.7 Å². The van der Waals surface area contributed by atoms with Crippen LogP contribution in [0.3, 0.4) is 0 Å². The highest BCUT2D eigenvalue weighted by Crippen LogP contribution is 2.34. The molecule has 0 spiro atoms. The molecule has 170 valence electrons. The minimum Gasteiger partial charge on any atom is -0.394 e. The van der Waals surface area contributed by atoms with Gasteiger partial charge >= 0.3 is 0 Å². The lowest BCUT2D eigenvalue weighted by atomic mass is 9.90. The van der Waals surface area contributed by atoms with E-state index in [2.05, 4.69) is 11.8 Å². The summed E-state index contributed by atoms with van der Waals surface area (Å²) in [6, 6.07) is 13.2. The Bertz CT molecular complexity index is 974. The number of ether oxygens (including phenoxy) is 2. The molecule has 0 unspecified atom stereocenters. The fourth-order valence-corrected chi connectivity index (χ4v) is 4.23. The second-order valence-corrected chi connectivity index (χ2v) is 8.71. The number of aliphatic hydroxyl groups is 4. The summed E-state index contributed by atoms with van der Waals surface area (Å²) < 4.78 is 11.0. The molecule has 0 radical (unpaired) electrons. The highest BCUT2D eigenvalue weighted by Gasteiger charge is 2.44. The average molecular weight is 459 g/mol. The molecule has 0 saturated carbocycles. The van der Waals surface area contributed by atoms with Crippen molar-refractivity contribution in [1.29, 1.82) is 0 Å². The van der Waals surface area contributed by atoms with E-state index in [4.69, 9.17) is 21.1 Å². The van der Waals surface area contributed by atoms with Crippen molar-refractivity contribution in [2.24, 2.45) is 5.92 Å². The van der Waals surface area contributed by atoms with E-state index in [1.807, 2.05) is 30.3 Å². The van der Waals surface area contributed by atoms with Gasteiger partial charge in [-0.15, -0.1) is 0 Å². The van der Waals surface area contributed by atoms with Gasteiger partial charge in [-0.05, 0) is 47.7 Å². The van der Waals surface area contributed by atoms with Gasteiger partial charge in [0.15, 0.2) is 0 Å². The predicted octanol–water partition coefficient (Wildman–Crippen LogP) is 1.83. The number of hydrogen-bond donors (Lipinski definition) is 4. The van der Waals surface area contributed by atoms with E-state index >= 15 is 0 Å². The van der Waals surface area contributed by atoms with Gasteiger partial charge in [-0.2, -0.15) is 0 Å². The lowest BCUT2D eigenvalue weighted by Gasteiger charge is -2.40. The second kappa shape index (κ2) is 10.3. The average Bonchev–Trinajstić information content (AvgIpc) is 3.33. The molecule has 2 aromatic carbocycles. The summed E-state index contributed by atoms with van der Waals surface area (Å²) in [7, 11) is 0. The zero-order chi connectivity index (χ0) is 22.7. The van der Waals surface area contributed by atoms with E-state index in [0.29, 0.717) is 29.5 Å². The molecule has 0 aliphatic carbocycles. The van der Waals surface area contributed by atoms with E-state index < -0.39 is 37.1 Å². The molecule has 0 bridgehead atoms. The molecule has 2 heterocycles. The van der Waals surface area contributed by atoms with Gasteiger partial charge < -0.3 is 29.9 Å². The van der Waals surface area contributed by atoms with Crippen molar-refractivity contribution in [3.05, 3.63) is 69.7 Å². The van der Waals surface area contributed by atoms with Gasteiger partial charge in [0.25, 0.3) is 0 Å². The molecule has 4 N–H and O–H groups in total. The molecule has 32 heavy (non-hydrogen) atoms. The maximum Gasteiger partial charge on any atom is 0.113 e. The molecule has 2 aliphatic rings. The van der Waals surface area contributed by atoms with Crippen molar-refractivity contribution in [2.45, 2.75) is 43.4 Å². The quantitative estimate of drug-likeness (QED) is 0.522. The van der Waals surface area contributed by atoms with E-state index in [-0.39, 0.29) is 0 Å². The first-order valence-corrected chi connectivity index (χ1v) is 11.1. The fraction of sp³-hybridized carbons (Fsp3) is 0.440. The highest BCUT2D eigenvalue weighted by atomic mass is 35.5. The van der Waals surface area contributed by atoms with Crippen molar-refractivity contribution in [3.63, 3.8) is 0 Å². The molecule has 2 aromatic rings. The maximum absolute atomic E-state index is 10.4. The van der Waals surface area contributed by atoms with Crippen LogP contribution in [0.15, 0.2) is 42.5 Å². The number of hydrogen-bond acceptors (Lipinski definition) is 6. The molecule has 6 atom stereocenters. The van der Waals surface area contributed by atoms with Gasteiger partial charge in [0.05, 0.1) is 13.2 Å². The monoisotopic (exact) mass is 458 g/mol. The van der Waals surface area contributed by atoms with Crippen LogP contribution in [-0.4, -0.2) is 64.7 Å². The van der Waals surface area contributed by atoms with Crippen LogP contribution in [0.4, 0.5) is 0 Å². The minimum absolute atomic E-state index is 0.304. The van der Waals surface area contributed by atoms with Crippen molar-refractivity contribution in [3.8, 4) is 11.8 Å². The fourth-order valence-electron chi connectivity index (χ4n) is 4.04. The molecule has 2 saturated heterocycles. The van der Waals surface area contributed by atoms with Crippen LogP contribution in [0.1, 0.15) is 34.8 Å². The lowest BCUT2D eigenvalue weighted by molar-refractivity contribution is -0.231. The zero-order valence-electron chi connectivity index (χ0n) is 17.5. The first-order chi connectivity index (χ1) is 15.5. The number of rotatable bonds is 4. The molecule has 0 amide bonds. The Morgan fingerprint density at radius 3 is 2.47 bits per heavy atom. The molecule has 4 rings (SSSR count). The standard InChI is InChI=1S/C25H27ClO6/c26-20-8-7-18(25-24(30)23(29)22(28)21(13-27)32-25)12-19(20)11-16-4-1-15(2-5-16)3-6-17-9-10-31-14-17/h1-2,4-5,7-8,12,17,21-25,27-30H,9-11,13-14H2/t17-,21-,22-,23+,24-,25+/m1/s1. The highest BCUT2D eigenvalue weighted by molar-refractivity contribution is 6.31. The first kappa shape index (κ1) is 23.2. The van der Waals surface area contributed by atoms with Gasteiger partial charge in [-0.3, -0.25) is 0 Å². The Morgan fingerprint density at radius 2 is 1.78 bits per heavy atom. The number of benzene rings is 2. The normalized spacial score (nSPS) is 30.0. The van der Waals surface area contributed by atoms with Crippen LogP contribution in [0.2, 0.25) is 5.02 Å². The summed E-state index contributed by atoms with van der Waals surface area (Å²) in [6.07, 6.45) is -4.44. The van der Waals surface area contributed by atoms with Crippen LogP contribution in [0, 0.1) is 17.8 Å². The third-order valence-corrected chi connectivity index (χ3v) is 6.36. The Kier molecular flexibility index (Phi) is 7.49. The maximum atomic E-state index is 10.4. The zero-order valence-corrected chi connectivity index (χ0v) is 18.3. The number of halogens is 1. The van der Waals surface area contributed by atoms with Gasteiger partial charge in [0.1, 0.15) is 30.5 Å².